The van der Waals surface area contributed by atoms with Crippen LogP contribution in [0.2, 0.25) is 0 Å². The summed E-state index contributed by atoms with van der Waals surface area (Å²) in [5.74, 6) is -6.62. The largest absolute Gasteiger partial charge is 1.00 e. The van der Waals surface area contributed by atoms with Crippen LogP contribution in [-0.4, -0.2) is 0 Å². The van der Waals surface area contributed by atoms with Crippen LogP contribution < -0.4 is 29.6 Å². The summed E-state index contributed by atoms with van der Waals surface area (Å²) >= 11 is 4.31. The molecular weight excluding hydrogens is 215 g/mol. The Kier molecular flexibility index (Phi) is 4.65. The standard InChI is InChI=1S/C7H4F4S.Na/c1-2-3(8)4(9)5(10)6(11)7(2)12;/h12H,1H3;/q;+1/p-1. The molecule has 1 aromatic rings. The Morgan fingerprint density at radius 3 is 1.69 bits per heavy atom. The van der Waals surface area contributed by atoms with Crippen LogP contribution in [-0.2, 0) is 12.6 Å². The molecule has 0 radical (unpaired) electrons. The Morgan fingerprint density at radius 1 is 0.846 bits per heavy atom. The molecule has 0 nitrogen and oxygen atoms in total. The molecule has 0 aliphatic carbocycles. The van der Waals surface area contributed by atoms with Gasteiger partial charge >= 0.3 is 29.6 Å². The minimum Gasteiger partial charge on any atom is -0.776 e. The monoisotopic (exact) mass is 218 g/mol. The molecule has 66 valence electrons. The van der Waals surface area contributed by atoms with E-state index < -0.39 is 28.2 Å². The number of hydrogen-bond acceptors (Lipinski definition) is 1. The molecule has 6 heteroatoms. The van der Waals surface area contributed by atoms with Gasteiger partial charge in [0.05, 0.1) is 0 Å². The van der Waals surface area contributed by atoms with Gasteiger partial charge in [-0.25, -0.2) is 17.6 Å². The third kappa shape index (κ3) is 2.15. The molecule has 0 unspecified atom stereocenters. The van der Waals surface area contributed by atoms with Crippen LogP contribution in [0.5, 0.6) is 0 Å². The van der Waals surface area contributed by atoms with Crippen molar-refractivity contribution in [3.8, 4) is 0 Å². The fourth-order valence-electron chi connectivity index (χ4n) is 0.721. The second kappa shape index (κ2) is 4.59. The summed E-state index contributed by atoms with van der Waals surface area (Å²) in [6.45, 7) is 1.09. The Balaban J connectivity index is 0.00000144. The predicted octanol–water partition coefficient (Wildman–Crippen LogP) is -0.539. The van der Waals surface area contributed by atoms with Gasteiger partial charge in [-0.15, -0.1) is 4.90 Å². The van der Waals surface area contributed by atoms with Gasteiger partial charge in [-0.2, -0.15) is 0 Å². The van der Waals surface area contributed by atoms with Crippen LogP contribution in [0.3, 0.4) is 0 Å². The first-order chi connectivity index (χ1) is 5.46. The van der Waals surface area contributed by atoms with Crippen LogP contribution >= 0.6 is 0 Å². The maximum atomic E-state index is 12.6. The topological polar surface area (TPSA) is 0 Å². The fraction of sp³-hybridized carbons (Fsp3) is 0.143. The molecule has 0 fully saturated rings. The van der Waals surface area contributed by atoms with E-state index in [-0.39, 0.29) is 35.1 Å². The third-order valence-electron chi connectivity index (χ3n) is 1.45. The minimum absolute atomic E-state index is 0. The smallest absolute Gasteiger partial charge is 0.776 e. The molecule has 0 amide bonds. The van der Waals surface area contributed by atoms with E-state index in [1.165, 1.54) is 0 Å². The molecule has 1 rings (SSSR count). The van der Waals surface area contributed by atoms with Crippen LogP contribution in [0.4, 0.5) is 17.6 Å². The third-order valence-corrected chi connectivity index (χ3v) is 1.93. The van der Waals surface area contributed by atoms with Gasteiger partial charge in [-0.3, -0.25) is 0 Å². The summed E-state index contributed by atoms with van der Waals surface area (Å²) in [5.41, 5.74) is -0.388. The van der Waals surface area contributed by atoms with Crippen molar-refractivity contribution in [2.45, 2.75) is 11.8 Å². The van der Waals surface area contributed by atoms with E-state index in [0.717, 1.165) is 6.92 Å². The molecule has 0 N–H and O–H groups in total. The quantitative estimate of drug-likeness (QED) is 0.185. The number of benzene rings is 1. The van der Waals surface area contributed by atoms with Crippen molar-refractivity contribution in [2.75, 3.05) is 0 Å². The summed E-state index contributed by atoms with van der Waals surface area (Å²) in [6.07, 6.45) is 0. The molecule has 0 bridgehead atoms. The molecular formula is C7H3F4NaS. The van der Waals surface area contributed by atoms with Crippen LogP contribution in [0.15, 0.2) is 4.90 Å². The molecule has 0 aromatic heterocycles. The van der Waals surface area contributed by atoms with Gasteiger partial charge in [0, 0.05) is 0 Å². The normalized spacial score (nSPS) is 9.62. The zero-order valence-electron chi connectivity index (χ0n) is 6.92. The van der Waals surface area contributed by atoms with Gasteiger partial charge < -0.3 is 12.6 Å². The molecule has 0 atom stereocenters. The van der Waals surface area contributed by atoms with E-state index in [1.807, 2.05) is 0 Å². The van der Waals surface area contributed by atoms with Gasteiger partial charge in [-0.1, -0.05) is 0 Å². The average molecular weight is 218 g/mol. The summed E-state index contributed by atoms with van der Waals surface area (Å²) in [4.78, 5) is -0.619. The van der Waals surface area contributed by atoms with Crippen molar-refractivity contribution >= 4 is 12.6 Å². The Morgan fingerprint density at radius 2 is 1.23 bits per heavy atom. The predicted molar refractivity (Wildman–Crippen MR) is 36.6 cm³/mol. The van der Waals surface area contributed by atoms with E-state index >= 15 is 0 Å². The summed E-state index contributed by atoms with van der Waals surface area (Å²) in [6, 6.07) is 0. The van der Waals surface area contributed by atoms with Crippen molar-refractivity contribution in [1.29, 1.82) is 0 Å². The van der Waals surface area contributed by atoms with Gasteiger partial charge in [0.25, 0.3) is 0 Å². The van der Waals surface area contributed by atoms with Crippen molar-refractivity contribution in [3.05, 3.63) is 28.8 Å². The maximum absolute atomic E-state index is 12.6. The van der Waals surface area contributed by atoms with E-state index in [0.29, 0.717) is 0 Å². The van der Waals surface area contributed by atoms with Crippen LogP contribution in [0.1, 0.15) is 5.56 Å². The Hall–Kier alpha value is 0.160. The van der Waals surface area contributed by atoms with Gasteiger partial charge in [0.1, 0.15) is 5.82 Å². The van der Waals surface area contributed by atoms with E-state index in [1.54, 1.807) is 0 Å². The summed E-state index contributed by atoms with van der Waals surface area (Å²) in [7, 11) is 0. The SMILES string of the molecule is Cc1c(F)c(F)c(F)c(F)c1[S-].[Na+]. The number of rotatable bonds is 0. The van der Waals surface area contributed by atoms with Gasteiger partial charge in [0.15, 0.2) is 17.5 Å². The van der Waals surface area contributed by atoms with Gasteiger partial charge in [0.2, 0.25) is 0 Å². The first kappa shape index (κ1) is 13.2. The Labute approximate surface area is 100 Å². The number of halogens is 4. The first-order valence-corrected chi connectivity index (χ1v) is 3.37. The van der Waals surface area contributed by atoms with Crippen LogP contribution in [0.25, 0.3) is 0 Å². The van der Waals surface area contributed by atoms with E-state index in [2.05, 4.69) is 12.6 Å². The average Bonchev–Trinajstić information content (AvgIpc) is 2.08. The zero-order chi connectivity index (χ0) is 9.46. The minimum atomic E-state index is -1.86. The summed E-state index contributed by atoms with van der Waals surface area (Å²) < 4.78 is 49.9. The second-order valence-corrected chi connectivity index (χ2v) is 2.62. The Bertz CT molecular complexity index is 235. The summed E-state index contributed by atoms with van der Waals surface area (Å²) in [5, 5.41) is 0. The van der Waals surface area contributed by atoms with E-state index in [9.17, 15) is 17.6 Å². The molecule has 1 aromatic carbocycles. The molecule has 0 saturated heterocycles. The molecule has 13 heavy (non-hydrogen) atoms. The molecule has 0 aliphatic rings. The molecule has 0 saturated carbocycles. The van der Waals surface area contributed by atoms with Crippen molar-refractivity contribution < 1.29 is 47.1 Å². The van der Waals surface area contributed by atoms with Crippen molar-refractivity contribution in [1.82, 2.24) is 0 Å². The molecule has 0 spiro atoms. The maximum Gasteiger partial charge on any atom is 1.00 e. The first-order valence-electron chi connectivity index (χ1n) is 2.96. The second-order valence-electron chi connectivity index (χ2n) is 2.21. The number of hydrogen-bond donors (Lipinski definition) is 0. The van der Waals surface area contributed by atoms with Crippen molar-refractivity contribution in [2.24, 2.45) is 0 Å². The van der Waals surface area contributed by atoms with Crippen LogP contribution in [0, 0.1) is 30.2 Å². The molecule has 0 heterocycles. The van der Waals surface area contributed by atoms with Gasteiger partial charge in [-0.05, 0) is 12.5 Å². The van der Waals surface area contributed by atoms with E-state index in [4.69, 9.17) is 0 Å². The zero-order valence-corrected chi connectivity index (χ0v) is 9.74. The van der Waals surface area contributed by atoms with Crippen molar-refractivity contribution in [3.63, 3.8) is 0 Å². The fourth-order valence-corrected chi connectivity index (χ4v) is 0.901. The molecule has 0 aliphatic heterocycles.